The second-order valence-electron chi connectivity index (χ2n) is 6.16. The number of benzene rings is 2. The predicted molar refractivity (Wildman–Crippen MR) is 105 cm³/mol. The van der Waals surface area contributed by atoms with E-state index in [1.54, 1.807) is 0 Å². The van der Waals surface area contributed by atoms with Crippen LogP contribution in [-0.4, -0.2) is 12.2 Å². The number of nitrogens with one attached hydrogen (secondary N) is 1. The standard InChI is InChI=1S/C21H24NOP/c1-15-8-6-11-17(14-22-2)21(15)24-19-13-7-12-18(20(19)23)16-9-4-3-5-10-16/h3-9,11-13,16,22-24H,10,14H2,1-2H3. The Kier molecular flexibility index (Phi) is 5.50. The van der Waals surface area contributed by atoms with Gasteiger partial charge in [-0.15, -0.1) is 0 Å². The van der Waals surface area contributed by atoms with Gasteiger partial charge in [0, 0.05) is 23.3 Å². The van der Waals surface area contributed by atoms with Crippen molar-refractivity contribution in [2.24, 2.45) is 0 Å². The van der Waals surface area contributed by atoms with Crippen LogP contribution in [0.2, 0.25) is 0 Å². The highest BCUT2D eigenvalue weighted by atomic mass is 31.1. The Morgan fingerprint density at radius 2 is 2.00 bits per heavy atom. The van der Waals surface area contributed by atoms with Gasteiger partial charge in [-0.05, 0) is 36.8 Å². The van der Waals surface area contributed by atoms with Gasteiger partial charge in [0.05, 0.1) is 0 Å². The van der Waals surface area contributed by atoms with Gasteiger partial charge in [0.15, 0.2) is 0 Å². The van der Waals surface area contributed by atoms with E-state index in [2.05, 4.69) is 66.9 Å². The zero-order chi connectivity index (χ0) is 16.9. The Labute approximate surface area is 146 Å². The number of phenols is 1. The van der Waals surface area contributed by atoms with Crippen LogP contribution >= 0.6 is 8.58 Å². The fourth-order valence-electron chi connectivity index (χ4n) is 3.15. The molecule has 0 amide bonds. The van der Waals surface area contributed by atoms with E-state index >= 15 is 0 Å². The quantitative estimate of drug-likeness (QED) is 0.817. The first-order chi connectivity index (χ1) is 11.7. The maximum absolute atomic E-state index is 10.8. The van der Waals surface area contributed by atoms with Gasteiger partial charge in [0.25, 0.3) is 0 Å². The number of rotatable bonds is 5. The lowest BCUT2D eigenvalue weighted by Gasteiger charge is -2.18. The van der Waals surface area contributed by atoms with Crippen LogP contribution in [-0.2, 0) is 6.54 Å². The van der Waals surface area contributed by atoms with Crippen LogP contribution in [0, 0.1) is 6.92 Å². The van der Waals surface area contributed by atoms with Crippen LogP contribution in [0.15, 0.2) is 60.7 Å². The summed E-state index contributed by atoms with van der Waals surface area (Å²) in [6.45, 7) is 3.00. The summed E-state index contributed by atoms with van der Waals surface area (Å²) in [6.07, 6.45) is 9.41. The first-order valence-electron chi connectivity index (χ1n) is 8.36. The van der Waals surface area contributed by atoms with E-state index in [0.29, 0.717) is 14.3 Å². The molecule has 0 heterocycles. The minimum atomic E-state index is 0.272. The maximum Gasteiger partial charge on any atom is 0.127 e. The zero-order valence-corrected chi connectivity index (χ0v) is 15.2. The first-order valence-corrected chi connectivity index (χ1v) is 9.36. The van der Waals surface area contributed by atoms with Crippen molar-refractivity contribution in [2.45, 2.75) is 25.8 Å². The van der Waals surface area contributed by atoms with Gasteiger partial charge in [-0.1, -0.05) is 69.3 Å². The molecule has 0 aromatic heterocycles. The van der Waals surface area contributed by atoms with Crippen molar-refractivity contribution in [2.75, 3.05) is 7.05 Å². The van der Waals surface area contributed by atoms with Crippen molar-refractivity contribution in [3.05, 3.63) is 77.4 Å². The van der Waals surface area contributed by atoms with E-state index in [1.807, 2.05) is 13.1 Å². The molecule has 0 spiro atoms. The van der Waals surface area contributed by atoms with Gasteiger partial charge in [-0.2, -0.15) is 0 Å². The number of phenolic OH excluding ortho intramolecular Hbond substituents is 1. The number of aryl methyl sites for hydroxylation is 1. The SMILES string of the molecule is CNCc1cccc(C)c1Pc1cccc(C2C=CC=CC2)c1O. The van der Waals surface area contributed by atoms with Crippen molar-refractivity contribution in [3.63, 3.8) is 0 Å². The van der Waals surface area contributed by atoms with E-state index in [1.165, 1.54) is 16.4 Å². The van der Waals surface area contributed by atoms with Crippen LogP contribution in [0.4, 0.5) is 0 Å². The van der Waals surface area contributed by atoms with Crippen molar-refractivity contribution >= 4 is 19.2 Å². The summed E-state index contributed by atoms with van der Waals surface area (Å²) in [5, 5.41) is 16.4. The molecule has 3 heteroatoms. The van der Waals surface area contributed by atoms with Crippen molar-refractivity contribution in [1.82, 2.24) is 5.32 Å². The number of aromatic hydroxyl groups is 1. The van der Waals surface area contributed by atoms with Crippen LogP contribution < -0.4 is 15.9 Å². The van der Waals surface area contributed by atoms with Gasteiger partial charge in [0.2, 0.25) is 0 Å². The topological polar surface area (TPSA) is 32.3 Å². The first kappa shape index (κ1) is 17.0. The van der Waals surface area contributed by atoms with E-state index in [-0.39, 0.29) is 5.92 Å². The molecule has 1 aliphatic rings. The molecule has 24 heavy (non-hydrogen) atoms. The molecule has 0 saturated heterocycles. The third-order valence-electron chi connectivity index (χ3n) is 4.43. The second kappa shape index (κ2) is 7.79. The molecule has 124 valence electrons. The van der Waals surface area contributed by atoms with Crippen molar-refractivity contribution < 1.29 is 5.11 Å². The highest BCUT2D eigenvalue weighted by Crippen LogP contribution is 2.33. The van der Waals surface area contributed by atoms with Crippen molar-refractivity contribution in [1.29, 1.82) is 0 Å². The van der Waals surface area contributed by atoms with Gasteiger partial charge < -0.3 is 10.4 Å². The second-order valence-corrected chi connectivity index (χ2v) is 7.45. The molecule has 2 aromatic carbocycles. The van der Waals surface area contributed by atoms with Gasteiger partial charge in [0.1, 0.15) is 5.75 Å². The number of hydrogen-bond acceptors (Lipinski definition) is 2. The Hall–Kier alpha value is -1.89. The number of allylic oxidation sites excluding steroid dienone is 4. The molecular weight excluding hydrogens is 313 g/mol. The summed E-state index contributed by atoms with van der Waals surface area (Å²) < 4.78 is 0. The molecule has 2 aromatic rings. The van der Waals surface area contributed by atoms with Crippen LogP contribution in [0.25, 0.3) is 0 Å². The summed E-state index contributed by atoms with van der Waals surface area (Å²) in [5.41, 5.74) is 3.62. The molecule has 0 fully saturated rings. The third-order valence-corrected chi connectivity index (χ3v) is 6.07. The Bertz CT molecular complexity index is 779. The van der Waals surface area contributed by atoms with Crippen LogP contribution in [0.5, 0.6) is 5.75 Å². The third kappa shape index (κ3) is 3.61. The average molecular weight is 337 g/mol. The minimum absolute atomic E-state index is 0.272. The Balaban J connectivity index is 1.94. The molecule has 0 saturated carbocycles. The molecule has 2 N–H and O–H groups in total. The summed E-state index contributed by atoms with van der Waals surface area (Å²) in [4.78, 5) is 0. The minimum Gasteiger partial charge on any atom is -0.507 e. The lowest BCUT2D eigenvalue weighted by molar-refractivity contribution is 0.470. The summed E-state index contributed by atoms with van der Waals surface area (Å²) in [5.74, 6) is 0.729. The van der Waals surface area contributed by atoms with Gasteiger partial charge >= 0.3 is 0 Å². The maximum atomic E-state index is 10.8. The molecule has 3 rings (SSSR count). The van der Waals surface area contributed by atoms with Gasteiger partial charge in [-0.25, -0.2) is 0 Å². The highest BCUT2D eigenvalue weighted by Gasteiger charge is 2.16. The molecule has 1 aliphatic carbocycles. The zero-order valence-electron chi connectivity index (χ0n) is 14.2. The molecule has 0 bridgehead atoms. The molecule has 0 aliphatic heterocycles. The molecule has 2 unspecified atom stereocenters. The summed E-state index contributed by atoms with van der Waals surface area (Å²) in [6, 6.07) is 12.6. The number of hydrogen-bond donors (Lipinski definition) is 2. The molecule has 0 radical (unpaired) electrons. The normalized spacial score (nSPS) is 17.0. The predicted octanol–water partition coefficient (Wildman–Crippen LogP) is 3.65. The van der Waals surface area contributed by atoms with E-state index in [0.717, 1.165) is 23.8 Å². The monoisotopic (exact) mass is 337 g/mol. The smallest absolute Gasteiger partial charge is 0.127 e. The largest absolute Gasteiger partial charge is 0.507 e. The molecule has 2 atom stereocenters. The fourth-order valence-corrected chi connectivity index (χ4v) is 4.48. The lowest BCUT2D eigenvalue weighted by Crippen LogP contribution is -2.18. The van der Waals surface area contributed by atoms with Crippen molar-refractivity contribution in [3.8, 4) is 5.75 Å². The average Bonchev–Trinajstić information content (AvgIpc) is 2.60. The lowest BCUT2D eigenvalue weighted by atomic mass is 9.92. The van der Waals surface area contributed by atoms with E-state index in [9.17, 15) is 5.11 Å². The Morgan fingerprint density at radius 3 is 2.75 bits per heavy atom. The molecular formula is C21H24NOP. The van der Waals surface area contributed by atoms with Crippen LogP contribution in [0.3, 0.4) is 0 Å². The van der Waals surface area contributed by atoms with Crippen LogP contribution in [0.1, 0.15) is 29.0 Å². The number of para-hydroxylation sites is 1. The Morgan fingerprint density at radius 1 is 1.17 bits per heavy atom. The highest BCUT2D eigenvalue weighted by molar-refractivity contribution is 7.56. The van der Waals surface area contributed by atoms with Gasteiger partial charge in [-0.3, -0.25) is 0 Å². The van der Waals surface area contributed by atoms with E-state index < -0.39 is 0 Å². The fraction of sp³-hybridized carbons (Fsp3) is 0.238. The molecule has 2 nitrogen and oxygen atoms in total. The van der Waals surface area contributed by atoms with E-state index in [4.69, 9.17) is 0 Å². The summed E-state index contributed by atoms with van der Waals surface area (Å²) >= 11 is 0. The summed E-state index contributed by atoms with van der Waals surface area (Å²) in [7, 11) is 2.43.